The summed E-state index contributed by atoms with van der Waals surface area (Å²) in [6.07, 6.45) is 0.868. The number of hydrogen-bond acceptors (Lipinski definition) is 4. The van der Waals surface area contributed by atoms with Crippen molar-refractivity contribution in [3.63, 3.8) is 0 Å². The van der Waals surface area contributed by atoms with Gasteiger partial charge in [0.1, 0.15) is 0 Å². The Morgan fingerprint density at radius 1 is 0.966 bits per heavy atom. The Hall–Kier alpha value is -2.09. The van der Waals surface area contributed by atoms with Crippen LogP contribution in [0.15, 0.2) is 87.1 Å². The molecule has 4 nitrogen and oxygen atoms in total. The summed E-state index contributed by atoms with van der Waals surface area (Å²) in [5.41, 5.74) is 1.52. The van der Waals surface area contributed by atoms with E-state index in [1.165, 1.54) is 17.7 Å². The summed E-state index contributed by atoms with van der Waals surface area (Å²) in [5.74, 6) is -0.686. The van der Waals surface area contributed by atoms with Crippen molar-refractivity contribution in [2.24, 2.45) is 0 Å². The van der Waals surface area contributed by atoms with Crippen LogP contribution in [-0.4, -0.2) is 25.2 Å². The molecule has 0 bridgehead atoms. The Kier molecular flexibility index (Phi) is 7.16. The van der Waals surface area contributed by atoms with Crippen molar-refractivity contribution in [3.8, 4) is 0 Å². The second kappa shape index (κ2) is 9.61. The van der Waals surface area contributed by atoms with Crippen LogP contribution >= 0.6 is 27.7 Å². The Balaban J connectivity index is 1.76. The summed E-state index contributed by atoms with van der Waals surface area (Å²) >= 11 is 4.82. The van der Waals surface area contributed by atoms with E-state index in [-0.39, 0.29) is 21.8 Å². The molecule has 7 heteroatoms. The molecule has 0 unspecified atom stereocenters. The van der Waals surface area contributed by atoms with Crippen LogP contribution < -0.4 is 0 Å². The molecule has 0 atom stereocenters. The molecule has 0 aliphatic rings. The summed E-state index contributed by atoms with van der Waals surface area (Å²) < 4.78 is 26.1. The van der Waals surface area contributed by atoms with Gasteiger partial charge in [0, 0.05) is 15.1 Å². The topological polar surface area (TPSA) is 71.4 Å². The summed E-state index contributed by atoms with van der Waals surface area (Å²) in [6.45, 7) is 0. The first-order valence-corrected chi connectivity index (χ1v) is 12.3. The van der Waals surface area contributed by atoms with Crippen LogP contribution in [0.3, 0.4) is 0 Å². The predicted octanol–water partition coefficient (Wildman–Crippen LogP) is 5.46. The van der Waals surface area contributed by atoms with Gasteiger partial charge in [0.2, 0.25) is 0 Å². The number of hydrogen-bond donors (Lipinski definition) is 1. The van der Waals surface area contributed by atoms with E-state index in [0.717, 1.165) is 17.1 Å². The van der Waals surface area contributed by atoms with Crippen LogP contribution in [0.4, 0.5) is 0 Å². The molecule has 0 saturated carbocycles. The average Bonchev–Trinajstić information content (AvgIpc) is 2.69. The van der Waals surface area contributed by atoms with Crippen LogP contribution in [0.2, 0.25) is 0 Å². The fourth-order valence-corrected chi connectivity index (χ4v) is 5.76. The van der Waals surface area contributed by atoms with Gasteiger partial charge in [0.05, 0.1) is 16.2 Å². The lowest BCUT2D eigenvalue weighted by Gasteiger charge is -2.10. The molecule has 29 heavy (non-hydrogen) atoms. The molecule has 0 fully saturated rings. The smallest absolute Gasteiger partial charge is 0.336 e. The monoisotopic (exact) mass is 490 g/mol. The molecule has 3 aromatic rings. The second-order valence-corrected chi connectivity index (χ2v) is 10.5. The van der Waals surface area contributed by atoms with E-state index in [1.54, 1.807) is 42.1 Å². The Morgan fingerprint density at radius 3 is 2.41 bits per heavy atom. The van der Waals surface area contributed by atoms with Crippen molar-refractivity contribution in [2.75, 3.05) is 5.75 Å². The molecular weight excluding hydrogens is 472 g/mol. The lowest BCUT2D eigenvalue weighted by atomic mass is 10.1. The van der Waals surface area contributed by atoms with Crippen molar-refractivity contribution in [1.82, 2.24) is 0 Å². The normalized spacial score (nSPS) is 11.3. The summed E-state index contributed by atoms with van der Waals surface area (Å²) in [5, 5.41) is 9.59. The fraction of sp³-hybridized carbons (Fsp3) is 0.136. The zero-order chi connectivity index (χ0) is 20.9. The van der Waals surface area contributed by atoms with Gasteiger partial charge in [-0.05, 0) is 47.9 Å². The first kappa shape index (κ1) is 21.6. The van der Waals surface area contributed by atoms with E-state index < -0.39 is 15.8 Å². The average molecular weight is 491 g/mol. The van der Waals surface area contributed by atoms with Gasteiger partial charge in [-0.25, -0.2) is 13.2 Å². The number of carboxylic acids is 1. The van der Waals surface area contributed by atoms with Gasteiger partial charge in [0.25, 0.3) is 0 Å². The third-order valence-corrected chi connectivity index (χ3v) is 7.47. The highest BCUT2D eigenvalue weighted by atomic mass is 79.9. The molecule has 150 valence electrons. The minimum Gasteiger partial charge on any atom is -0.478 e. The lowest BCUT2D eigenvalue weighted by molar-refractivity contribution is 0.0695. The van der Waals surface area contributed by atoms with E-state index in [0.29, 0.717) is 4.47 Å². The third-order valence-electron chi connectivity index (χ3n) is 4.31. The molecular formula is C22H19BrO4S2. The summed E-state index contributed by atoms with van der Waals surface area (Å²) in [7, 11) is -3.66. The zero-order valence-electron chi connectivity index (χ0n) is 15.4. The number of sulfone groups is 1. The van der Waals surface area contributed by atoms with Crippen molar-refractivity contribution < 1.29 is 18.3 Å². The molecule has 0 heterocycles. The van der Waals surface area contributed by atoms with E-state index >= 15 is 0 Å². The number of halogens is 1. The maximum Gasteiger partial charge on any atom is 0.336 e. The first-order valence-electron chi connectivity index (χ1n) is 8.86. The van der Waals surface area contributed by atoms with Gasteiger partial charge in [-0.15, -0.1) is 11.8 Å². The molecule has 0 aliphatic carbocycles. The highest BCUT2D eigenvalue weighted by Crippen LogP contribution is 2.26. The van der Waals surface area contributed by atoms with Crippen LogP contribution in [0, 0.1) is 0 Å². The van der Waals surface area contributed by atoms with Gasteiger partial charge in [0.15, 0.2) is 9.84 Å². The number of rotatable bonds is 8. The number of benzene rings is 3. The number of aryl methyl sites for hydroxylation is 1. The quantitative estimate of drug-likeness (QED) is 0.424. The van der Waals surface area contributed by atoms with Crippen LogP contribution in [0.5, 0.6) is 0 Å². The highest BCUT2D eigenvalue weighted by molar-refractivity contribution is 9.10. The Morgan fingerprint density at radius 2 is 1.72 bits per heavy atom. The standard InChI is InChI=1S/C22H19BrO4S2/c23-18-7-4-8-20(13-18)29(26,27)15-17-9-10-19(14-21(17)22(24)25)28-12-11-16-5-2-1-3-6-16/h1-10,13-14H,11-12,15H2,(H,24,25). The Bertz CT molecular complexity index is 1110. The molecule has 0 saturated heterocycles. The van der Waals surface area contributed by atoms with Crippen LogP contribution in [0.1, 0.15) is 21.5 Å². The maximum atomic E-state index is 12.7. The van der Waals surface area contributed by atoms with Gasteiger partial charge in [-0.2, -0.15) is 0 Å². The van der Waals surface area contributed by atoms with Gasteiger partial charge in [-0.1, -0.05) is 58.4 Å². The second-order valence-electron chi connectivity index (χ2n) is 6.42. The maximum absolute atomic E-state index is 12.7. The third kappa shape index (κ3) is 5.95. The number of aromatic carboxylic acids is 1. The molecule has 0 radical (unpaired) electrons. The molecule has 0 aromatic heterocycles. The van der Waals surface area contributed by atoms with Crippen molar-refractivity contribution in [3.05, 3.63) is 94.0 Å². The van der Waals surface area contributed by atoms with E-state index in [4.69, 9.17) is 0 Å². The summed E-state index contributed by atoms with van der Waals surface area (Å²) in [4.78, 5) is 12.7. The van der Waals surface area contributed by atoms with Crippen molar-refractivity contribution >= 4 is 43.5 Å². The van der Waals surface area contributed by atoms with Gasteiger partial charge in [-0.3, -0.25) is 0 Å². The van der Waals surface area contributed by atoms with Crippen LogP contribution in [-0.2, 0) is 22.0 Å². The number of thioether (sulfide) groups is 1. The molecule has 1 N–H and O–H groups in total. The largest absolute Gasteiger partial charge is 0.478 e. The van der Waals surface area contributed by atoms with E-state index in [1.807, 2.05) is 18.2 Å². The lowest BCUT2D eigenvalue weighted by Crippen LogP contribution is -2.10. The van der Waals surface area contributed by atoms with Gasteiger partial charge < -0.3 is 5.11 Å². The summed E-state index contributed by atoms with van der Waals surface area (Å²) in [6, 6.07) is 21.4. The highest BCUT2D eigenvalue weighted by Gasteiger charge is 2.20. The minimum absolute atomic E-state index is 0.0216. The Labute approximate surface area is 183 Å². The number of carbonyl (C=O) groups is 1. The molecule has 3 aromatic carbocycles. The van der Waals surface area contributed by atoms with E-state index in [2.05, 4.69) is 28.1 Å². The van der Waals surface area contributed by atoms with Crippen molar-refractivity contribution in [1.29, 1.82) is 0 Å². The minimum atomic E-state index is -3.66. The molecule has 3 rings (SSSR count). The first-order chi connectivity index (χ1) is 13.8. The molecule has 0 amide bonds. The molecule has 0 aliphatic heterocycles. The van der Waals surface area contributed by atoms with Gasteiger partial charge >= 0.3 is 5.97 Å². The number of carboxylic acid groups (broad SMARTS) is 1. The predicted molar refractivity (Wildman–Crippen MR) is 119 cm³/mol. The molecule has 0 spiro atoms. The zero-order valence-corrected chi connectivity index (χ0v) is 18.6. The van der Waals surface area contributed by atoms with Crippen LogP contribution in [0.25, 0.3) is 0 Å². The van der Waals surface area contributed by atoms with E-state index in [9.17, 15) is 18.3 Å². The fourth-order valence-electron chi connectivity index (χ4n) is 2.85. The SMILES string of the molecule is O=C(O)c1cc(SCCc2ccccc2)ccc1CS(=O)(=O)c1cccc(Br)c1. The van der Waals surface area contributed by atoms with Crippen molar-refractivity contribution in [2.45, 2.75) is 22.0 Å².